The fourth-order valence-electron chi connectivity index (χ4n) is 0.833. The Balaban J connectivity index is 0. The second-order valence-electron chi connectivity index (χ2n) is 2.30. The highest BCUT2D eigenvalue weighted by atomic mass is 16.1. The predicted molar refractivity (Wildman–Crippen MR) is 52.7 cm³/mol. The van der Waals surface area contributed by atoms with Crippen LogP contribution in [0.2, 0.25) is 0 Å². The molecule has 0 heterocycles. The van der Waals surface area contributed by atoms with Gasteiger partial charge >= 0.3 is 0 Å². The van der Waals surface area contributed by atoms with E-state index >= 15 is 0 Å². The highest BCUT2D eigenvalue weighted by Crippen LogP contribution is 1.97. The molecule has 0 saturated carbocycles. The Morgan fingerprint density at radius 3 is 2.23 bits per heavy atom. The van der Waals surface area contributed by atoms with Gasteiger partial charge in [-0.25, -0.2) is 0 Å². The average molecular weight is 182 g/mol. The van der Waals surface area contributed by atoms with E-state index < -0.39 is 0 Å². The number of primary amides is 1. The molecule has 0 atom stereocenters. The smallest absolute Gasteiger partial charge is 0.237 e. The van der Waals surface area contributed by atoms with Crippen LogP contribution in [0.5, 0.6) is 0 Å². The van der Waals surface area contributed by atoms with Gasteiger partial charge in [-0.2, -0.15) is 0 Å². The molecule has 0 aliphatic rings. The monoisotopic (exact) mass is 182 g/mol. The Bertz CT molecular complexity index is 240. The minimum absolute atomic E-state index is 0. The van der Waals surface area contributed by atoms with E-state index in [4.69, 9.17) is 5.73 Å². The molecule has 0 aliphatic heterocycles. The van der Waals surface area contributed by atoms with E-state index in [0.29, 0.717) is 6.32 Å². The van der Waals surface area contributed by atoms with Crippen molar-refractivity contribution in [2.24, 2.45) is 5.73 Å². The van der Waals surface area contributed by atoms with Gasteiger partial charge in [0.2, 0.25) is 7.28 Å². The van der Waals surface area contributed by atoms with Crippen LogP contribution in [0.1, 0.15) is 5.56 Å². The molecule has 0 bridgehead atoms. The predicted octanol–water partition coefficient (Wildman–Crippen LogP) is -0.680. The molecule has 0 aliphatic carbocycles. The molecule has 0 unspecified atom stereocenters. The summed E-state index contributed by atoms with van der Waals surface area (Å²) in [6.07, 6.45) is 0.621. The van der Waals surface area contributed by atoms with Crippen molar-refractivity contribution in [3.63, 3.8) is 0 Å². The van der Waals surface area contributed by atoms with Gasteiger partial charge in [-0.05, 0) is 6.32 Å². The fourth-order valence-corrected chi connectivity index (χ4v) is 0.833. The molecule has 1 rings (SSSR count). The summed E-state index contributed by atoms with van der Waals surface area (Å²) in [5, 5.41) is 0. The third-order valence-corrected chi connectivity index (χ3v) is 1.38. The molecule has 5 heteroatoms. The Hall–Kier alpha value is -1.33. The van der Waals surface area contributed by atoms with Gasteiger partial charge in [0.1, 0.15) is 0 Å². The van der Waals surface area contributed by atoms with E-state index in [0.717, 1.165) is 5.56 Å². The molecule has 0 saturated heterocycles. The lowest BCUT2D eigenvalue weighted by molar-refractivity contribution is 0.265. The summed E-state index contributed by atoms with van der Waals surface area (Å²) in [6.45, 7) is 0. The lowest BCUT2D eigenvalue weighted by Crippen LogP contribution is -2.19. The quantitative estimate of drug-likeness (QED) is 0.614. The van der Waals surface area contributed by atoms with Crippen molar-refractivity contribution in [1.82, 2.24) is 0 Å². The third-order valence-electron chi connectivity index (χ3n) is 1.38. The van der Waals surface area contributed by atoms with E-state index in [1.807, 2.05) is 30.3 Å². The van der Waals surface area contributed by atoms with Gasteiger partial charge in [-0.15, -0.1) is 0 Å². The molecule has 1 aromatic carbocycles. The summed E-state index contributed by atoms with van der Waals surface area (Å²) in [6, 6.07) is 9.72. The van der Waals surface area contributed by atoms with Crippen LogP contribution in [0.3, 0.4) is 0 Å². The number of carbonyl (C=O) groups is 1. The van der Waals surface area contributed by atoms with Crippen molar-refractivity contribution in [3.8, 4) is 0 Å². The minimum Gasteiger partial charge on any atom is -0.412 e. The maximum absolute atomic E-state index is 10.3. The Labute approximate surface area is 77.6 Å². The molecule has 0 spiro atoms. The van der Waals surface area contributed by atoms with E-state index in [9.17, 15) is 4.79 Å². The van der Waals surface area contributed by atoms with Gasteiger partial charge in [-0.3, -0.25) is 4.79 Å². The molecule has 13 heavy (non-hydrogen) atoms. The van der Waals surface area contributed by atoms with Crippen LogP contribution in [-0.2, 0) is 6.32 Å². The van der Waals surface area contributed by atoms with Crippen molar-refractivity contribution < 1.29 is 15.7 Å². The number of hydrogen-bond acceptors (Lipinski definition) is 1. The van der Waals surface area contributed by atoms with Gasteiger partial charge in [-0.1, -0.05) is 35.9 Å². The lowest BCUT2D eigenvalue weighted by atomic mass is 9.71. The van der Waals surface area contributed by atoms with Gasteiger partial charge in [0.25, 0.3) is 0 Å². The fraction of sp³-hybridized carbons (Fsp3) is 0.125. The topological polar surface area (TPSA) is 106 Å². The van der Waals surface area contributed by atoms with E-state index in [1.165, 1.54) is 7.28 Å². The zero-order chi connectivity index (χ0) is 8.10. The maximum atomic E-state index is 10.3. The molecule has 1 radical (unpaired) electrons. The van der Waals surface area contributed by atoms with Gasteiger partial charge in [0.15, 0.2) is 5.81 Å². The number of hydrogen-bond donors (Lipinski definition) is 1. The first-order valence-electron chi connectivity index (χ1n) is 3.45. The summed E-state index contributed by atoms with van der Waals surface area (Å²) in [4.78, 5) is 10.3. The van der Waals surface area contributed by atoms with Crippen LogP contribution >= 0.6 is 0 Å². The number of amides is 1. The molecule has 71 valence electrons. The van der Waals surface area contributed by atoms with Gasteiger partial charge < -0.3 is 16.7 Å². The van der Waals surface area contributed by atoms with Crippen LogP contribution in [-0.4, -0.2) is 24.0 Å². The summed E-state index contributed by atoms with van der Waals surface area (Å²) >= 11 is 0. The largest absolute Gasteiger partial charge is 0.412 e. The first-order chi connectivity index (χ1) is 5.29. The third kappa shape index (κ3) is 5.89. The second-order valence-corrected chi connectivity index (χ2v) is 2.30. The highest BCUT2D eigenvalue weighted by molar-refractivity contribution is 6.72. The van der Waals surface area contributed by atoms with Crippen LogP contribution in [0.15, 0.2) is 30.3 Å². The number of benzene rings is 1. The number of nitrogens with two attached hydrogens (primary N) is 1. The lowest BCUT2D eigenvalue weighted by Gasteiger charge is -1.94. The van der Waals surface area contributed by atoms with Crippen LogP contribution in [0.4, 0.5) is 4.79 Å². The molecular weight excluding hydrogens is 169 g/mol. The molecule has 1 amide bonds. The Kier molecular flexibility index (Phi) is 8.01. The summed E-state index contributed by atoms with van der Waals surface area (Å²) < 4.78 is 0. The first kappa shape index (κ1) is 14.2. The summed E-state index contributed by atoms with van der Waals surface area (Å²) in [5.41, 5.74) is 6.05. The Morgan fingerprint density at radius 2 is 1.77 bits per heavy atom. The number of carbonyl (C=O) groups excluding carboxylic acids is 1. The zero-order valence-electron chi connectivity index (χ0n) is 7.16. The van der Waals surface area contributed by atoms with Gasteiger partial charge in [0, 0.05) is 0 Å². The Morgan fingerprint density at radius 1 is 1.23 bits per heavy atom. The van der Waals surface area contributed by atoms with Crippen molar-refractivity contribution in [1.29, 1.82) is 0 Å². The summed E-state index contributed by atoms with van der Waals surface area (Å²) in [5.74, 6) is -0.367. The standard InChI is InChI=1S/C8H9BNO.2H2O/c10-8(11)9-6-7-4-2-1-3-5-7;;/h1-5H,6H2,(H2,10,11);2*1H2. The first-order valence-corrected chi connectivity index (χ1v) is 3.45. The highest BCUT2D eigenvalue weighted by Gasteiger charge is 1.97. The van der Waals surface area contributed by atoms with Gasteiger partial charge in [0.05, 0.1) is 0 Å². The maximum Gasteiger partial charge on any atom is 0.237 e. The van der Waals surface area contributed by atoms with Crippen molar-refractivity contribution >= 4 is 13.1 Å². The molecular formula is C8H13BNO3. The van der Waals surface area contributed by atoms with E-state index in [-0.39, 0.29) is 16.8 Å². The normalized spacial score (nSPS) is 7.69. The molecule has 6 N–H and O–H groups in total. The average Bonchev–Trinajstić information content (AvgIpc) is 2.03. The minimum atomic E-state index is -0.367. The second kappa shape index (κ2) is 7.33. The van der Waals surface area contributed by atoms with Crippen molar-refractivity contribution in [2.45, 2.75) is 6.32 Å². The van der Waals surface area contributed by atoms with E-state index in [1.54, 1.807) is 0 Å². The van der Waals surface area contributed by atoms with Crippen LogP contribution in [0.25, 0.3) is 0 Å². The van der Waals surface area contributed by atoms with Crippen molar-refractivity contribution in [2.75, 3.05) is 0 Å². The van der Waals surface area contributed by atoms with Crippen LogP contribution < -0.4 is 5.73 Å². The molecule has 0 fully saturated rings. The SMILES string of the molecule is NC(=O)[B]Cc1ccccc1.O.O. The molecule has 4 nitrogen and oxygen atoms in total. The molecule has 0 aromatic heterocycles. The number of rotatable bonds is 3. The zero-order valence-corrected chi connectivity index (χ0v) is 7.16. The van der Waals surface area contributed by atoms with Crippen molar-refractivity contribution in [3.05, 3.63) is 35.9 Å². The summed E-state index contributed by atoms with van der Waals surface area (Å²) in [7, 11) is 1.47. The molecule has 1 aromatic rings. The van der Waals surface area contributed by atoms with E-state index in [2.05, 4.69) is 0 Å². The van der Waals surface area contributed by atoms with Crippen LogP contribution in [0, 0.1) is 0 Å².